The van der Waals surface area contributed by atoms with E-state index in [4.69, 9.17) is 16.4 Å². The molecule has 156 valence electrons. The van der Waals surface area contributed by atoms with E-state index in [2.05, 4.69) is 15.9 Å². The van der Waals surface area contributed by atoms with Crippen molar-refractivity contribution in [1.29, 1.82) is 0 Å². The molecule has 0 N–H and O–H groups in total. The minimum Gasteiger partial charge on any atom is -0.273 e. The van der Waals surface area contributed by atoms with Crippen molar-refractivity contribution in [2.24, 2.45) is 5.92 Å². The molecule has 31 heavy (non-hydrogen) atoms. The number of hydrogen-bond donors (Lipinski definition) is 0. The highest BCUT2D eigenvalue weighted by atomic mass is 79.9. The van der Waals surface area contributed by atoms with Gasteiger partial charge in [0.05, 0.1) is 17.4 Å². The molecule has 5 rings (SSSR count). The lowest BCUT2D eigenvalue weighted by atomic mass is 9.90. The van der Waals surface area contributed by atoms with E-state index in [9.17, 15) is 9.59 Å². The van der Waals surface area contributed by atoms with Crippen LogP contribution in [0.25, 0.3) is 0 Å². The van der Waals surface area contributed by atoms with Crippen LogP contribution in [0.1, 0.15) is 17.2 Å². The quantitative estimate of drug-likeness (QED) is 0.451. The van der Waals surface area contributed by atoms with Gasteiger partial charge in [0.25, 0.3) is 5.91 Å². The van der Waals surface area contributed by atoms with Gasteiger partial charge in [-0.3, -0.25) is 14.4 Å². The molecule has 0 unspecified atom stereocenters. The number of nitrogens with zero attached hydrogens (tertiary/aromatic N) is 2. The molecule has 3 atom stereocenters. The summed E-state index contributed by atoms with van der Waals surface area (Å²) < 4.78 is 0.933. The van der Waals surface area contributed by atoms with Crippen molar-refractivity contribution >= 4 is 50.7 Å². The van der Waals surface area contributed by atoms with Crippen molar-refractivity contribution < 1.29 is 14.4 Å². The smallest absolute Gasteiger partial charge is 0.266 e. The maximum atomic E-state index is 13.6. The third-order valence-electron chi connectivity index (χ3n) is 5.75. The molecule has 2 aliphatic rings. The van der Waals surface area contributed by atoms with Crippen molar-refractivity contribution in [2.45, 2.75) is 19.1 Å². The average molecular weight is 498 g/mol. The maximum Gasteiger partial charge on any atom is 0.266 e. The van der Waals surface area contributed by atoms with Gasteiger partial charge in [-0.05, 0) is 54.4 Å². The number of imide groups is 1. The van der Waals surface area contributed by atoms with Gasteiger partial charge in [0, 0.05) is 9.50 Å². The lowest BCUT2D eigenvalue weighted by molar-refractivity contribution is -0.126. The Morgan fingerprint density at radius 1 is 0.903 bits per heavy atom. The first kappa shape index (κ1) is 20.2. The minimum atomic E-state index is -0.901. The summed E-state index contributed by atoms with van der Waals surface area (Å²) in [6.07, 6.45) is -0.901. The predicted molar refractivity (Wildman–Crippen MR) is 123 cm³/mol. The molecule has 2 fully saturated rings. The van der Waals surface area contributed by atoms with Gasteiger partial charge in [-0.1, -0.05) is 63.9 Å². The number of hydroxylamine groups is 1. The van der Waals surface area contributed by atoms with Crippen LogP contribution in [0.3, 0.4) is 0 Å². The zero-order chi connectivity index (χ0) is 21.7. The fraction of sp³-hybridized carbons (Fsp3) is 0.167. The van der Waals surface area contributed by atoms with Gasteiger partial charge in [0.1, 0.15) is 5.92 Å². The first-order chi connectivity index (χ1) is 15.0. The molecule has 2 heterocycles. The van der Waals surface area contributed by atoms with E-state index in [1.54, 1.807) is 23.3 Å². The Bertz CT molecular complexity index is 1170. The first-order valence-corrected chi connectivity index (χ1v) is 11.0. The summed E-state index contributed by atoms with van der Waals surface area (Å²) in [7, 11) is 0. The Balaban J connectivity index is 1.58. The van der Waals surface area contributed by atoms with Crippen molar-refractivity contribution in [2.75, 3.05) is 9.96 Å². The van der Waals surface area contributed by atoms with Crippen molar-refractivity contribution in [1.82, 2.24) is 0 Å². The second-order valence-electron chi connectivity index (χ2n) is 7.65. The molecule has 5 nitrogen and oxygen atoms in total. The molecule has 0 radical (unpaired) electrons. The molecule has 3 aromatic rings. The van der Waals surface area contributed by atoms with Gasteiger partial charge in [-0.25, -0.2) is 9.96 Å². The van der Waals surface area contributed by atoms with Crippen molar-refractivity contribution in [3.63, 3.8) is 0 Å². The lowest BCUT2D eigenvalue weighted by Crippen LogP contribution is -2.37. The fourth-order valence-electron chi connectivity index (χ4n) is 4.19. The Kier molecular flexibility index (Phi) is 5.08. The number of fused-ring (bicyclic) bond motifs is 1. The number of hydrogen-bond acceptors (Lipinski definition) is 4. The van der Waals surface area contributed by atoms with E-state index in [0.29, 0.717) is 10.7 Å². The number of benzene rings is 3. The minimum absolute atomic E-state index is 0.290. The molecular weight excluding hydrogens is 480 g/mol. The Hall–Kier alpha value is -2.67. The number of aryl methyl sites for hydroxylation is 1. The van der Waals surface area contributed by atoms with Gasteiger partial charge in [-0.2, -0.15) is 0 Å². The number of para-hydroxylation sites is 1. The van der Waals surface area contributed by atoms with Crippen molar-refractivity contribution in [3.05, 3.63) is 93.4 Å². The molecule has 0 aliphatic carbocycles. The highest BCUT2D eigenvalue weighted by Crippen LogP contribution is 2.47. The van der Waals surface area contributed by atoms with Crippen LogP contribution < -0.4 is 9.96 Å². The van der Waals surface area contributed by atoms with Crippen LogP contribution in [-0.2, 0) is 14.4 Å². The third-order valence-corrected chi connectivity index (χ3v) is 6.69. The second-order valence-corrected chi connectivity index (χ2v) is 8.98. The van der Waals surface area contributed by atoms with Crippen LogP contribution in [0, 0.1) is 12.8 Å². The maximum absolute atomic E-state index is 13.6. The average Bonchev–Trinajstić information content (AvgIpc) is 3.28. The SMILES string of the molecule is Cc1ccc(N2C(=O)[C@@H]3[C@@H](c4ccc(Br)cc4)N(c4ccccc4)O[C@H]3C2=O)cc1Cl. The lowest BCUT2D eigenvalue weighted by Gasteiger charge is -2.28. The predicted octanol–water partition coefficient (Wildman–Crippen LogP) is 5.46. The highest BCUT2D eigenvalue weighted by Gasteiger charge is 2.60. The second kappa shape index (κ2) is 7.79. The molecule has 2 amide bonds. The Labute approximate surface area is 193 Å². The Morgan fingerprint density at radius 2 is 1.61 bits per heavy atom. The van der Waals surface area contributed by atoms with E-state index >= 15 is 0 Å². The topological polar surface area (TPSA) is 49.9 Å². The summed E-state index contributed by atoms with van der Waals surface area (Å²) in [5, 5.41) is 2.19. The summed E-state index contributed by atoms with van der Waals surface area (Å²) in [5.74, 6) is -1.34. The summed E-state index contributed by atoms with van der Waals surface area (Å²) in [4.78, 5) is 34.2. The molecule has 0 saturated carbocycles. The van der Waals surface area contributed by atoms with Crippen LogP contribution in [0.5, 0.6) is 0 Å². The monoisotopic (exact) mass is 496 g/mol. The standard InChI is InChI=1S/C24H18BrClN2O3/c1-14-7-12-18(13-19(14)26)27-23(29)20-21(15-8-10-16(25)11-9-15)28(31-22(20)24(27)30)17-5-3-2-4-6-17/h2-13,20-22H,1H3/t20-,21-,22-/m1/s1. The number of carbonyl (C=O) groups is 2. The van der Waals surface area contributed by atoms with E-state index in [1.165, 1.54) is 4.90 Å². The third kappa shape index (κ3) is 3.35. The van der Waals surface area contributed by atoms with Crippen LogP contribution in [0.4, 0.5) is 11.4 Å². The zero-order valence-electron chi connectivity index (χ0n) is 16.5. The number of anilines is 2. The first-order valence-electron chi connectivity index (χ1n) is 9.86. The highest BCUT2D eigenvalue weighted by molar-refractivity contribution is 9.10. The molecule has 2 saturated heterocycles. The number of halogens is 2. The molecular formula is C24H18BrClN2O3. The molecule has 0 bridgehead atoms. The van der Waals surface area contributed by atoms with E-state index in [-0.39, 0.29) is 11.8 Å². The summed E-state index contributed by atoms with van der Waals surface area (Å²) in [6.45, 7) is 1.87. The van der Waals surface area contributed by atoms with E-state index in [1.807, 2.05) is 61.5 Å². The van der Waals surface area contributed by atoms with E-state index < -0.39 is 18.1 Å². The van der Waals surface area contributed by atoms with Crippen LogP contribution >= 0.6 is 27.5 Å². The van der Waals surface area contributed by atoms with Crippen LogP contribution in [0.15, 0.2) is 77.3 Å². The number of rotatable bonds is 3. The molecule has 3 aromatic carbocycles. The molecule has 0 aromatic heterocycles. The van der Waals surface area contributed by atoms with E-state index in [0.717, 1.165) is 21.3 Å². The van der Waals surface area contributed by atoms with Gasteiger partial charge < -0.3 is 0 Å². The number of carbonyl (C=O) groups excluding carboxylic acids is 2. The van der Waals surface area contributed by atoms with Crippen LogP contribution in [0.2, 0.25) is 5.02 Å². The summed E-state index contributed by atoms with van der Waals surface area (Å²) in [6, 6.07) is 22.0. The summed E-state index contributed by atoms with van der Waals surface area (Å²) in [5.41, 5.74) is 3.02. The van der Waals surface area contributed by atoms with Crippen molar-refractivity contribution in [3.8, 4) is 0 Å². The van der Waals surface area contributed by atoms with Gasteiger partial charge in [0.2, 0.25) is 5.91 Å². The fourth-order valence-corrected chi connectivity index (χ4v) is 4.63. The largest absolute Gasteiger partial charge is 0.273 e. The van der Waals surface area contributed by atoms with Gasteiger partial charge in [0.15, 0.2) is 6.10 Å². The normalized spacial score (nSPS) is 22.9. The summed E-state index contributed by atoms with van der Waals surface area (Å²) >= 11 is 9.72. The molecule has 7 heteroatoms. The van der Waals surface area contributed by atoms with Gasteiger partial charge in [-0.15, -0.1) is 0 Å². The van der Waals surface area contributed by atoms with Gasteiger partial charge >= 0.3 is 0 Å². The molecule has 2 aliphatic heterocycles. The molecule has 0 spiro atoms. The van der Waals surface area contributed by atoms with Crippen LogP contribution in [-0.4, -0.2) is 17.9 Å². The zero-order valence-corrected chi connectivity index (χ0v) is 18.9. The number of amides is 2. The Morgan fingerprint density at radius 3 is 2.29 bits per heavy atom.